The molecule has 0 bridgehead atoms. The molecule has 4 nitrogen and oxygen atoms in total. The van der Waals surface area contributed by atoms with E-state index in [1.54, 1.807) is 0 Å². The first-order valence-electron chi connectivity index (χ1n) is 7.88. The lowest BCUT2D eigenvalue weighted by molar-refractivity contribution is -0.121. The zero-order valence-electron chi connectivity index (χ0n) is 13.4. The molecule has 4 heteroatoms. The van der Waals surface area contributed by atoms with Crippen molar-refractivity contribution in [2.24, 2.45) is 0 Å². The average molecular weight is 308 g/mol. The maximum Gasteiger partial charge on any atom is 0.256 e. The molecule has 1 heterocycles. The number of hydrogen-bond acceptors (Lipinski definition) is 3. The fraction of sp³-hybridized carbons (Fsp3) is 0.263. The minimum atomic E-state index is -0.506. The molecule has 1 N–H and O–H groups in total. The van der Waals surface area contributed by atoms with Gasteiger partial charge in [0.1, 0.15) is 6.04 Å². The number of para-hydroxylation sites is 2. The maximum atomic E-state index is 12.7. The molecule has 1 fully saturated rings. The Kier molecular flexibility index (Phi) is 4.15. The van der Waals surface area contributed by atoms with Crippen LogP contribution in [0.15, 0.2) is 48.5 Å². The van der Waals surface area contributed by atoms with Crippen molar-refractivity contribution in [2.75, 3.05) is 10.2 Å². The van der Waals surface area contributed by atoms with E-state index in [1.165, 1.54) is 4.90 Å². The number of amides is 2. The van der Waals surface area contributed by atoms with Crippen LogP contribution in [-0.4, -0.2) is 17.9 Å². The van der Waals surface area contributed by atoms with Crippen LogP contribution in [0.2, 0.25) is 0 Å². The third-order valence-corrected chi connectivity index (χ3v) is 4.23. The van der Waals surface area contributed by atoms with Gasteiger partial charge in [0.2, 0.25) is 5.91 Å². The first-order valence-corrected chi connectivity index (χ1v) is 7.88. The van der Waals surface area contributed by atoms with Crippen LogP contribution in [0, 0.1) is 6.92 Å². The topological polar surface area (TPSA) is 49.4 Å². The zero-order chi connectivity index (χ0) is 16.4. The van der Waals surface area contributed by atoms with Crippen LogP contribution in [-0.2, 0) is 16.0 Å². The molecule has 1 unspecified atom stereocenters. The van der Waals surface area contributed by atoms with Crippen molar-refractivity contribution >= 4 is 23.2 Å². The Labute approximate surface area is 136 Å². The number of hydrogen-bond donors (Lipinski definition) is 1. The van der Waals surface area contributed by atoms with Crippen molar-refractivity contribution in [1.29, 1.82) is 0 Å². The minimum absolute atomic E-state index is 0.151. The van der Waals surface area contributed by atoms with Crippen LogP contribution < -0.4 is 10.2 Å². The van der Waals surface area contributed by atoms with Gasteiger partial charge >= 0.3 is 0 Å². The number of aryl methyl sites for hydroxylation is 2. The molecule has 1 saturated heterocycles. The third-order valence-electron chi connectivity index (χ3n) is 4.23. The predicted octanol–water partition coefficient (Wildman–Crippen LogP) is 3.30. The Morgan fingerprint density at radius 1 is 1.09 bits per heavy atom. The SMILES string of the molecule is CCc1ccccc1N1C(=O)CC(Nc2ccccc2C)C1=O. The molecule has 1 aliphatic heterocycles. The molecule has 2 aromatic rings. The molecule has 0 aromatic heterocycles. The first kappa shape index (κ1) is 15.3. The fourth-order valence-electron chi connectivity index (χ4n) is 2.95. The second-order valence-corrected chi connectivity index (χ2v) is 5.77. The number of carbonyl (C=O) groups is 2. The summed E-state index contributed by atoms with van der Waals surface area (Å²) in [6.07, 6.45) is 0.967. The summed E-state index contributed by atoms with van der Waals surface area (Å²) in [4.78, 5) is 26.5. The van der Waals surface area contributed by atoms with Crippen molar-refractivity contribution in [1.82, 2.24) is 0 Å². The van der Waals surface area contributed by atoms with Crippen LogP contribution in [0.25, 0.3) is 0 Å². The molecule has 23 heavy (non-hydrogen) atoms. The second kappa shape index (κ2) is 6.24. The highest BCUT2D eigenvalue weighted by atomic mass is 16.2. The van der Waals surface area contributed by atoms with E-state index in [0.29, 0.717) is 5.69 Å². The van der Waals surface area contributed by atoms with Gasteiger partial charge in [-0.3, -0.25) is 9.59 Å². The average Bonchev–Trinajstić information content (AvgIpc) is 2.83. The summed E-state index contributed by atoms with van der Waals surface area (Å²) in [5.41, 5.74) is 3.66. The number of rotatable bonds is 4. The Balaban J connectivity index is 1.87. The van der Waals surface area contributed by atoms with E-state index in [-0.39, 0.29) is 18.2 Å². The van der Waals surface area contributed by atoms with Gasteiger partial charge in [0.05, 0.1) is 12.1 Å². The number of nitrogens with one attached hydrogen (secondary N) is 1. The first-order chi connectivity index (χ1) is 11.1. The van der Waals surface area contributed by atoms with Crippen molar-refractivity contribution < 1.29 is 9.59 Å². The Morgan fingerprint density at radius 3 is 2.52 bits per heavy atom. The Bertz CT molecular complexity index is 755. The number of benzene rings is 2. The number of nitrogens with zero attached hydrogens (tertiary/aromatic N) is 1. The van der Waals surface area contributed by atoms with Crippen molar-refractivity contribution in [3.63, 3.8) is 0 Å². The van der Waals surface area contributed by atoms with E-state index in [4.69, 9.17) is 0 Å². The zero-order valence-corrected chi connectivity index (χ0v) is 13.4. The summed E-state index contributed by atoms with van der Waals surface area (Å²) in [5.74, 6) is -0.332. The lowest BCUT2D eigenvalue weighted by atomic mass is 10.1. The maximum absolute atomic E-state index is 12.7. The lowest BCUT2D eigenvalue weighted by Gasteiger charge is -2.19. The van der Waals surface area contributed by atoms with E-state index in [2.05, 4.69) is 5.32 Å². The van der Waals surface area contributed by atoms with E-state index < -0.39 is 6.04 Å². The van der Waals surface area contributed by atoms with Crippen LogP contribution in [0.5, 0.6) is 0 Å². The van der Waals surface area contributed by atoms with E-state index in [9.17, 15) is 9.59 Å². The number of imide groups is 1. The summed E-state index contributed by atoms with van der Waals surface area (Å²) >= 11 is 0. The van der Waals surface area contributed by atoms with Gasteiger partial charge in [0.25, 0.3) is 5.91 Å². The molecule has 2 amide bonds. The summed E-state index contributed by atoms with van der Waals surface area (Å²) < 4.78 is 0. The van der Waals surface area contributed by atoms with Gasteiger partial charge in [0.15, 0.2) is 0 Å². The molecule has 118 valence electrons. The third kappa shape index (κ3) is 2.84. The quantitative estimate of drug-likeness (QED) is 0.882. The fourth-order valence-corrected chi connectivity index (χ4v) is 2.95. The van der Waals surface area contributed by atoms with Crippen molar-refractivity contribution in [3.8, 4) is 0 Å². The van der Waals surface area contributed by atoms with Crippen LogP contribution in [0.1, 0.15) is 24.5 Å². The molecule has 0 saturated carbocycles. The Hall–Kier alpha value is -2.62. The molecule has 0 radical (unpaired) electrons. The number of carbonyl (C=O) groups excluding carboxylic acids is 2. The van der Waals surface area contributed by atoms with E-state index in [1.807, 2.05) is 62.4 Å². The minimum Gasteiger partial charge on any atom is -0.373 e. The lowest BCUT2D eigenvalue weighted by Crippen LogP contribution is -2.35. The van der Waals surface area contributed by atoms with Gasteiger partial charge in [-0.25, -0.2) is 4.90 Å². The molecule has 0 aliphatic carbocycles. The summed E-state index contributed by atoms with van der Waals surface area (Å²) in [6.45, 7) is 4.00. The standard InChI is InChI=1S/C19H20N2O2/c1-3-14-9-5-7-11-17(14)21-18(22)12-16(19(21)23)20-15-10-6-4-8-13(15)2/h4-11,16,20H,3,12H2,1-2H3. The molecular weight excluding hydrogens is 288 g/mol. The van der Waals surface area contributed by atoms with E-state index in [0.717, 1.165) is 23.2 Å². The largest absolute Gasteiger partial charge is 0.373 e. The number of anilines is 2. The van der Waals surface area contributed by atoms with Gasteiger partial charge in [-0.05, 0) is 36.6 Å². The molecule has 1 aliphatic rings. The normalized spacial score (nSPS) is 17.7. The highest BCUT2D eigenvalue weighted by Gasteiger charge is 2.40. The highest BCUT2D eigenvalue weighted by Crippen LogP contribution is 2.28. The van der Waals surface area contributed by atoms with Gasteiger partial charge in [-0.1, -0.05) is 43.3 Å². The molecule has 0 spiro atoms. The van der Waals surface area contributed by atoms with Gasteiger partial charge in [0, 0.05) is 5.69 Å². The predicted molar refractivity (Wildman–Crippen MR) is 91.5 cm³/mol. The highest BCUT2D eigenvalue weighted by molar-refractivity contribution is 6.23. The van der Waals surface area contributed by atoms with Gasteiger partial charge in [-0.15, -0.1) is 0 Å². The van der Waals surface area contributed by atoms with Crippen LogP contribution in [0.3, 0.4) is 0 Å². The molecule has 2 aromatic carbocycles. The summed E-state index contributed by atoms with van der Waals surface area (Å²) in [5, 5.41) is 3.21. The van der Waals surface area contributed by atoms with Crippen molar-refractivity contribution in [2.45, 2.75) is 32.7 Å². The Morgan fingerprint density at radius 2 is 1.78 bits per heavy atom. The van der Waals surface area contributed by atoms with Gasteiger partial charge in [-0.2, -0.15) is 0 Å². The summed E-state index contributed by atoms with van der Waals surface area (Å²) in [6, 6.07) is 14.8. The molecule has 1 atom stereocenters. The molecular formula is C19H20N2O2. The van der Waals surface area contributed by atoms with Crippen LogP contribution >= 0.6 is 0 Å². The summed E-state index contributed by atoms with van der Waals surface area (Å²) in [7, 11) is 0. The monoisotopic (exact) mass is 308 g/mol. The smallest absolute Gasteiger partial charge is 0.256 e. The molecule has 3 rings (SSSR count). The van der Waals surface area contributed by atoms with E-state index >= 15 is 0 Å². The van der Waals surface area contributed by atoms with Gasteiger partial charge < -0.3 is 5.32 Å². The van der Waals surface area contributed by atoms with Crippen LogP contribution in [0.4, 0.5) is 11.4 Å². The van der Waals surface area contributed by atoms with Crippen molar-refractivity contribution in [3.05, 3.63) is 59.7 Å². The second-order valence-electron chi connectivity index (χ2n) is 5.77.